The van der Waals surface area contributed by atoms with E-state index in [0.717, 1.165) is 17.7 Å². The number of nitrogens with zero attached hydrogens (tertiary/aromatic N) is 2. The van der Waals surface area contributed by atoms with Crippen molar-refractivity contribution in [3.63, 3.8) is 0 Å². The monoisotopic (exact) mass is 151 g/mol. The molecule has 3 nitrogen and oxygen atoms in total. The zero-order valence-corrected chi connectivity index (χ0v) is 6.79. The molecule has 0 saturated carbocycles. The molecule has 59 valence electrons. The molecule has 0 aliphatic heterocycles. The molecule has 0 fully saturated rings. The first-order valence-electron chi connectivity index (χ1n) is 3.52. The van der Waals surface area contributed by atoms with Crippen LogP contribution in [0.3, 0.4) is 0 Å². The Bertz CT molecular complexity index is 225. The van der Waals surface area contributed by atoms with Crippen LogP contribution >= 0.6 is 0 Å². The largest absolute Gasteiger partial charge is 0.384 e. The van der Waals surface area contributed by atoms with Gasteiger partial charge in [0.2, 0.25) is 0 Å². The van der Waals surface area contributed by atoms with E-state index in [9.17, 15) is 0 Å². The van der Waals surface area contributed by atoms with Crippen LogP contribution in [0.2, 0.25) is 0 Å². The highest BCUT2D eigenvalue weighted by molar-refractivity contribution is 5.13. The minimum Gasteiger partial charge on any atom is -0.384 e. The molecule has 0 N–H and O–H groups in total. The number of aryl methyl sites for hydroxylation is 1. The number of aromatic nitrogens is 2. The molecule has 0 amide bonds. The number of hydrogen-bond donors (Lipinski definition) is 0. The van der Waals surface area contributed by atoms with E-state index in [2.05, 4.69) is 16.3 Å². The lowest BCUT2D eigenvalue weighted by Gasteiger charge is -2.00. The van der Waals surface area contributed by atoms with Crippen LogP contribution in [0, 0.1) is 13.3 Å². The summed E-state index contributed by atoms with van der Waals surface area (Å²) in [5.41, 5.74) is 2.11. The third-order valence-electron chi connectivity index (χ3n) is 1.54. The minimum absolute atomic E-state index is 0.716. The van der Waals surface area contributed by atoms with Gasteiger partial charge in [-0.2, -0.15) is 0 Å². The molecule has 11 heavy (non-hydrogen) atoms. The van der Waals surface area contributed by atoms with E-state index in [0.29, 0.717) is 6.61 Å². The summed E-state index contributed by atoms with van der Waals surface area (Å²) in [6, 6.07) is 0. The number of ether oxygens (including phenoxy) is 1. The second-order valence-corrected chi connectivity index (χ2v) is 2.32. The lowest BCUT2D eigenvalue weighted by molar-refractivity contribution is 0.202. The molecule has 0 bridgehead atoms. The maximum atomic E-state index is 4.93. The van der Waals surface area contributed by atoms with E-state index in [1.165, 1.54) is 0 Å². The molecule has 1 aromatic heterocycles. The van der Waals surface area contributed by atoms with Gasteiger partial charge in [-0.25, -0.2) is 9.97 Å². The van der Waals surface area contributed by atoms with Crippen LogP contribution in [0.5, 0.6) is 0 Å². The average molecular weight is 151 g/mol. The highest BCUT2D eigenvalue weighted by Gasteiger charge is 1.97. The Labute approximate surface area is 66.4 Å². The Kier molecular flexibility index (Phi) is 2.98. The van der Waals surface area contributed by atoms with Crippen LogP contribution in [-0.2, 0) is 11.2 Å². The van der Waals surface area contributed by atoms with E-state index in [1.807, 2.05) is 6.92 Å². The van der Waals surface area contributed by atoms with Gasteiger partial charge in [-0.3, -0.25) is 0 Å². The molecule has 0 aliphatic rings. The van der Waals surface area contributed by atoms with Gasteiger partial charge in [-0.05, 0) is 18.9 Å². The molecule has 3 heteroatoms. The van der Waals surface area contributed by atoms with Crippen molar-refractivity contribution in [1.29, 1.82) is 0 Å². The molecule has 0 aliphatic carbocycles. The lowest BCUT2D eigenvalue weighted by atomic mass is 10.2. The van der Waals surface area contributed by atoms with Crippen LogP contribution in [0.4, 0.5) is 0 Å². The molecule has 0 spiro atoms. The van der Waals surface area contributed by atoms with Crippen molar-refractivity contribution in [3.05, 3.63) is 23.8 Å². The standard InChI is InChI=1S/C8H11N2O/c1-7-8(3-4-11-2)5-9-6-10-7/h5H,3-4H2,1-2H3. The highest BCUT2D eigenvalue weighted by Crippen LogP contribution is 2.01. The second-order valence-electron chi connectivity index (χ2n) is 2.32. The van der Waals surface area contributed by atoms with Gasteiger partial charge in [-0.1, -0.05) is 0 Å². The third kappa shape index (κ3) is 2.27. The van der Waals surface area contributed by atoms with Gasteiger partial charge in [-0.15, -0.1) is 0 Å². The third-order valence-corrected chi connectivity index (χ3v) is 1.54. The molecule has 1 rings (SSSR count). The molecule has 1 heterocycles. The van der Waals surface area contributed by atoms with Crippen molar-refractivity contribution < 1.29 is 4.74 Å². The molecule has 0 aromatic carbocycles. The molecular weight excluding hydrogens is 140 g/mol. The van der Waals surface area contributed by atoms with Crippen LogP contribution < -0.4 is 0 Å². The minimum atomic E-state index is 0.716. The predicted molar refractivity (Wildman–Crippen MR) is 41.2 cm³/mol. The van der Waals surface area contributed by atoms with Crippen LogP contribution in [0.25, 0.3) is 0 Å². The van der Waals surface area contributed by atoms with Gasteiger partial charge < -0.3 is 4.74 Å². The van der Waals surface area contributed by atoms with Gasteiger partial charge in [0.25, 0.3) is 0 Å². The van der Waals surface area contributed by atoms with E-state index < -0.39 is 0 Å². The fourth-order valence-electron chi connectivity index (χ4n) is 0.833. The molecule has 1 aromatic rings. The fraction of sp³-hybridized carbons (Fsp3) is 0.500. The summed E-state index contributed by atoms with van der Waals surface area (Å²) in [6.07, 6.45) is 5.19. The van der Waals surface area contributed by atoms with Crippen molar-refractivity contribution >= 4 is 0 Å². The quantitative estimate of drug-likeness (QED) is 0.640. The van der Waals surface area contributed by atoms with Gasteiger partial charge in [0.15, 0.2) is 6.33 Å². The van der Waals surface area contributed by atoms with E-state index >= 15 is 0 Å². The van der Waals surface area contributed by atoms with Crippen LogP contribution in [0.1, 0.15) is 11.3 Å². The van der Waals surface area contributed by atoms with Crippen LogP contribution in [0.15, 0.2) is 6.20 Å². The van der Waals surface area contributed by atoms with E-state index in [-0.39, 0.29) is 0 Å². The fourth-order valence-corrected chi connectivity index (χ4v) is 0.833. The topological polar surface area (TPSA) is 35.0 Å². The first-order valence-corrected chi connectivity index (χ1v) is 3.52. The maximum absolute atomic E-state index is 4.93. The van der Waals surface area contributed by atoms with Crippen LogP contribution in [-0.4, -0.2) is 23.7 Å². The Morgan fingerprint density at radius 3 is 3.09 bits per heavy atom. The first kappa shape index (κ1) is 8.14. The smallest absolute Gasteiger partial charge is 0.197 e. The SMILES string of the molecule is COCCc1cn[c]nc1C. The maximum Gasteiger partial charge on any atom is 0.197 e. The zero-order chi connectivity index (χ0) is 8.10. The normalized spacial score (nSPS) is 10.0. The summed E-state index contributed by atoms with van der Waals surface area (Å²) in [5, 5.41) is 0. The summed E-state index contributed by atoms with van der Waals surface area (Å²) < 4.78 is 4.93. The number of methoxy groups -OCH3 is 1. The van der Waals surface area contributed by atoms with Crippen molar-refractivity contribution in [2.45, 2.75) is 13.3 Å². The number of hydrogen-bond acceptors (Lipinski definition) is 3. The molecule has 0 unspecified atom stereocenters. The summed E-state index contributed by atoms with van der Waals surface area (Å²) in [4.78, 5) is 7.75. The van der Waals surface area contributed by atoms with Gasteiger partial charge in [0.05, 0.1) is 6.61 Å². The summed E-state index contributed by atoms with van der Waals surface area (Å²) in [5.74, 6) is 0. The van der Waals surface area contributed by atoms with E-state index in [4.69, 9.17) is 4.74 Å². The Morgan fingerprint density at radius 2 is 2.45 bits per heavy atom. The van der Waals surface area contributed by atoms with Crippen molar-refractivity contribution in [2.75, 3.05) is 13.7 Å². The number of rotatable bonds is 3. The Morgan fingerprint density at radius 1 is 1.64 bits per heavy atom. The molecule has 0 saturated heterocycles. The summed E-state index contributed by atoms with van der Waals surface area (Å²) in [7, 11) is 1.69. The van der Waals surface area contributed by atoms with Gasteiger partial charge >= 0.3 is 0 Å². The zero-order valence-electron chi connectivity index (χ0n) is 6.79. The van der Waals surface area contributed by atoms with Crippen molar-refractivity contribution in [1.82, 2.24) is 9.97 Å². The van der Waals surface area contributed by atoms with Crippen molar-refractivity contribution in [2.24, 2.45) is 0 Å². The summed E-state index contributed by atoms with van der Waals surface area (Å²) in [6.45, 7) is 2.66. The van der Waals surface area contributed by atoms with E-state index in [1.54, 1.807) is 13.3 Å². The van der Waals surface area contributed by atoms with Crippen molar-refractivity contribution in [3.8, 4) is 0 Å². The van der Waals surface area contributed by atoms with Gasteiger partial charge in [0, 0.05) is 19.0 Å². The van der Waals surface area contributed by atoms with Gasteiger partial charge in [0.1, 0.15) is 0 Å². The Balaban J connectivity index is 2.62. The Hall–Kier alpha value is -0.960. The highest BCUT2D eigenvalue weighted by atomic mass is 16.5. The second kappa shape index (κ2) is 4.03. The summed E-state index contributed by atoms with van der Waals surface area (Å²) >= 11 is 0. The predicted octanol–water partition coefficient (Wildman–Crippen LogP) is 0.774. The molecule has 1 radical (unpaired) electrons. The average Bonchev–Trinajstić information content (AvgIpc) is 2.03. The first-order chi connectivity index (χ1) is 5.34. The molecular formula is C8H11N2O. The lowest BCUT2D eigenvalue weighted by Crippen LogP contribution is -1.99. The molecule has 0 atom stereocenters.